The maximum absolute atomic E-state index is 12.6. The van der Waals surface area contributed by atoms with Crippen LogP contribution in [0.1, 0.15) is 27.5 Å². The van der Waals surface area contributed by atoms with Crippen molar-refractivity contribution in [3.63, 3.8) is 0 Å². The van der Waals surface area contributed by atoms with Gasteiger partial charge in [0.1, 0.15) is 6.54 Å². The predicted octanol–water partition coefficient (Wildman–Crippen LogP) is 1.66. The molecular weight excluding hydrogens is 290 g/mol. The minimum atomic E-state index is -0.130. The van der Waals surface area contributed by atoms with Crippen molar-refractivity contribution in [3.8, 4) is 0 Å². The second-order valence-electron chi connectivity index (χ2n) is 5.98. The van der Waals surface area contributed by atoms with Crippen LogP contribution in [0, 0.1) is 0 Å². The Morgan fingerprint density at radius 1 is 1.17 bits per heavy atom. The van der Waals surface area contributed by atoms with Gasteiger partial charge in [-0.15, -0.1) is 0 Å². The molecule has 1 saturated heterocycles. The molecule has 0 aliphatic carbocycles. The van der Waals surface area contributed by atoms with Crippen molar-refractivity contribution in [2.45, 2.75) is 12.5 Å². The molecule has 1 aromatic heterocycles. The standard InChI is InChI=1S/C18H17N3O2/c22-17-12-20(18(23)14-5-3-8-19-10-14)11-16-15-6-2-1-4-13(15)7-9-21(16)17/h1-6,8,10,16H,7,9,11-12H2/t16-/m1/s1. The van der Waals surface area contributed by atoms with Crippen LogP contribution in [0.25, 0.3) is 0 Å². The molecule has 0 unspecified atom stereocenters. The zero-order valence-corrected chi connectivity index (χ0v) is 12.7. The summed E-state index contributed by atoms with van der Waals surface area (Å²) >= 11 is 0. The Bertz CT molecular complexity index is 760. The molecule has 5 nitrogen and oxygen atoms in total. The Morgan fingerprint density at radius 2 is 2.04 bits per heavy atom. The summed E-state index contributed by atoms with van der Waals surface area (Å²) in [6, 6.07) is 11.6. The molecule has 2 aromatic rings. The lowest BCUT2D eigenvalue weighted by Crippen LogP contribution is -2.55. The highest BCUT2D eigenvalue weighted by Gasteiger charge is 2.38. The first-order valence-corrected chi connectivity index (χ1v) is 7.80. The van der Waals surface area contributed by atoms with Crippen LogP contribution < -0.4 is 0 Å². The van der Waals surface area contributed by atoms with E-state index in [2.05, 4.69) is 17.1 Å². The number of benzene rings is 1. The van der Waals surface area contributed by atoms with Gasteiger partial charge < -0.3 is 9.80 Å². The molecule has 23 heavy (non-hydrogen) atoms. The van der Waals surface area contributed by atoms with Crippen molar-refractivity contribution in [2.75, 3.05) is 19.6 Å². The van der Waals surface area contributed by atoms with E-state index in [1.54, 1.807) is 29.4 Å². The summed E-state index contributed by atoms with van der Waals surface area (Å²) in [5, 5.41) is 0. The lowest BCUT2D eigenvalue weighted by molar-refractivity contribution is -0.139. The summed E-state index contributed by atoms with van der Waals surface area (Å²) in [5.41, 5.74) is 2.96. The van der Waals surface area contributed by atoms with Crippen molar-refractivity contribution in [3.05, 3.63) is 65.5 Å². The molecule has 1 fully saturated rings. The number of nitrogens with zero attached hydrogens (tertiary/aromatic N) is 3. The molecule has 4 rings (SSSR count). The number of amides is 2. The Balaban J connectivity index is 1.65. The summed E-state index contributed by atoms with van der Waals surface area (Å²) in [5.74, 6) is -0.109. The van der Waals surface area contributed by atoms with Gasteiger partial charge in [0.25, 0.3) is 5.91 Å². The Kier molecular flexibility index (Phi) is 3.33. The van der Waals surface area contributed by atoms with E-state index in [1.165, 1.54) is 5.56 Å². The SMILES string of the molecule is O=C(c1cccnc1)N1CC(=O)N2CCc3ccccc3[C@H]2C1. The summed E-state index contributed by atoms with van der Waals surface area (Å²) in [4.78, 5) is 32.7. The number of aromatic nitrogens is 1. The van der Waals surface area contributed by atoms with Gasteiger partial charge in [0, 0.05) is 25.5 Å². The van der Waals surface area contributed by atoms with Gasteiger partial charge in [-0.05, 0) is 29.7 Å². The molecule has 0 saturated carbocycles. The Labute approximate surface area is 134 Å². The molecule has 0 spiro atoms. The minimum absolute atomic E-state index is 0.0213. The highest BCUT2D eigenvalue weighted by atomic mass is 16.2. The van der Waals surface area contributed by atoms with E-state index >= 15 is 0 Å². The smallest absolute Gasteiger partial charge is 0.255 e. The number of carbonyl (C=O) groups excluding carboxylic acids is 2. The third-order valence-corrected chi connectivity index (χ3v) is 4.65. The van der Waals surface area contributed by atoms with Crippen molar-refractivity contribution < 1.29 is 9.59 Å². The van der Waals surface area contributed by atoms with Gasteiger partial charge in [-0.3, -0.25) is 14.6 Å². The number of hydrogen-bond acceptors (Lipinski definition) is 3. The number of hydrogen-bond donors (Lipinski definition) is 0. The zero-order valence-electron chi connectivity index (χ0n) is 12.7. The van der Waals surface area contributed by atoms with Gasteiger partial charge in [0.15, 0.2) is 0 Å². The number of carbonyl (C=O) groups is 2. The molecule has 0 N–H and O–H groups in total. The van der Waals surface area contributed by atoms with Crippen LogP contribution in [0.3, 0.4) is 0 Å². The second-order valence-corrected chi connectivity index (χ2v) is 5.98. The number of pyridine rings is 1. The van der Waals surface area contributed by atoms with Crippen LogP contribution in [0.15, 0.2) is 48.8 Å². The third-order valence-electron chi connectivity index (χ3n) is 4.65. The summed E-state index contributed by atoms with van der Waals surface area (Å²) < 4.78 is 0. The number of rotatable bonds is 1. The van der Waals surface area contributed by atoms with Crippen LogP contribution >= 0.6 is 0 Å². The van der Waals surface area contributed by atoms with Crippen LogP contribution in [-0.4, -0.2) is 46.2 Å². The fourth-order valence-electron chi connectivity index (χ4n) is 3.50. The van der Waals surface area contributed by atoms with E-state index in [0.29, 0.717) is 12.1 Å². The highest BCUT2D eigenvalue weighted by Crippen LogP contribution is 2.33. The minimum Gasteiger partial charge on any atom is -0.332 e. The zero-order chi connectivity index (χ0) is 15.8. The van der Waals surface area contributed by atoms with Gasteiger partial charge in [-0.2, -0.15) is 0 Å². The molecule has 116 valence electrons. The molecule has 1 aromatic carbocycles. The monoisotopic (exact) mass is 307 g/mol. The quantitative estimate of drug-likeness (QED) is 0.805. The molecule has 0 radical (unpaired) electrons. The topological polar surface area (TPSA) is 53.5 Å². The number of fused-ring (bicyclic) bond motifs is 3. The van der Waals surface area contributed by atoms with Crippen LogP contribution in [0.2, 0.25) is 0 Å². The lowest BCUT2D eigenvalue weighted by Gasteiger charge is -2.44. The summed E-state index contributed by atoms with van der Waals surface area (Å²) in [6.45, 7) is 1.41. The summed E-state index contributed by atoms with van der Waals surface area (Å²) in [6.07, 6.45) is 4.07. The first-order valence-electron chi connectivity index (χ1n) is 7.80. The molecule has 2 aliphatic rings. The van der Waals surface area contributed by atoms with E-state index in [9.17, 15) is 9.59 Å². The van der Waals surface area contributed by atoms with Crippen molar-refractivity contribution in [1.29, 1.82) is 0 Å². The summed E-state index contributed by atoms with van der Waals surface area (Å²) in [7, 11) is 0. The van der Waals surface area contributed by atoms with Crippen molar-refractivity contribution >= 4 is 11.8 Å². The predicted molar refractivity (Wildman–Crippen MR) is 84.7 cm³/mol. The molecule has 2 aliphatic heterocycles. The molecule has 1 atom stereocenters. The van der Waals surface area contributed by atoms with Crippen LogP contribution in [-0.2, 0) is 11.2 Å². The molecule has 0 bridgehead atoms. The fourth-order valence-corrected chi connectivity index (χ4v) is 3.50. The van der Waals surface area contributed by atoms with Crippen molar-refractivity contribution in [2.24, 2.45) is 0 Å². The van der Waals surface area contributed by atoms with Gasteiger partial charge in [0.2, 0.25) is 5.91 Å². The van der Waals surface area contributed by atoms with Gasteiger partial charge in [-0.25, -0.2) is 0 Å². The molecule has 3 heterocycles. The normalized spacial score (nSPS) is 20.0. The first-order chi connectivity index (χ1) is 11.2. The molecular formula is C18H17N3O2. The van der Waals surface area contributed by atoms with Crippen molar-refractivity contribution in [1.82, 2.24) is 14.8 Å². The Hall–Kier alpha value is -2.69. The van der Waals surface area contributed by atoms with Gasteiger partial charge in [-0.1, -0.05) is 24.3 Å². The first kappa shape index (κ1) is 13.9. The second kappa shape index (κ2) is 5.50. The van der Waals surface area contributed by atoms with E-state index in [0.717, 1.165) is 18.5 Å². The van der Waals surface area contributed by atoms with E-state index in [4.69, 9.17) is 0 Å². The van der Waals surface area contributed by atoms with Crippen LogP contribution in [0.4, 0.5) is 0 Å². The van der Waals surface area contributed by atoms with E-state index in [1.807, 2.05) is 17.0 Å². The highest BCUT2D eigenvalue weighted by molar-refractivity contribution is 5.97. The van der Waals surface area contributed by atoms with Crippen LogP contribution in [0.5, 0.6) is 0 Å². The average molecular weight is 307 g/mol. The maximum atomic E-state index is 12.6. The number of piperazine rings is 1. The maximum Gasteiger partial charge on any atom is 0.255 e. The van der Waals surface area contributed by atoms with Gasteiger partial charge in [0.05, 0.1) is 11.6 Å². The van der Waals surface area contributed by atoms with E-state index < -0.39 is 0 Å². The van der Waals surface area contributed by atoms with Gasteiger partial charge >= 0.3 is 0 Å². The fraction of sp³-hybridized carbons (Fsp3) is 0.278. The largest absolute Gasteiger partial charge is 0.332 e. The average Bonchev–Trinajstić information content (AvgIpc) is 2.61. The van der Waals surface area contributed by atoms with E-state index in [-0.39, 0.29) is 24.4 Å². The third kappa shape index (κ3) is 2.38. The molecule has 5 heteroatoms. The lowest BCUT2D eigenvalue weighted by atomic mass is 9.90. The Morgan fingerprint density at radius 3 is 2.87 bits per heavy atom. The molecule has 2 amide bonds.